The van der Waals surface area contributed by atoms with Crippen molar-refractivity contribution in [2.24, 2.45) is 0 Å². The van der Waals surface area contributed by atoms with Crippen LogP contribution in [-0.2, 0) is 0 Å². The highest BCUT2D eigenvalue weighted by molar-refractivity contribution is 5.99. The molecule has 10 rings (SSSR count). The minimum atomic E-state index is -0.515. The molecule has 1 atom stereocenters. The van der Waals surface area contributed by atoms with E-state index in [-0.39, 0.29) is 41.8 Å². The lowest BCUT2D eigenvalue weighted by Gasteiger charge is -2.39. The van der Waals surface area contributed by atoms with Gasteiger partial charge < -0.3 is 29.1 Å². The molecule has 0 N–H and O–H groups in total. The van der Waals surface area contributed by atoms with Crippen molar-refractivity contribution in [3.63, 3.8) is 0 Å². The first-order chi connectivity index (χ1) is 33.0. The first-order valence-electron chi connectivity index (χ1n) is 23.7. The fourth-order valence-corrected chi connectivity index (χ4v) is 10.6. The molecule has 2 fully saturated rings. The SMILES string of the molecule is CN(C)CCOc1cc(F)cc(C(=O)N2CCN(C3c4ccccc4-c4c(-c5cc(C(=O)N6CCN(C7c8ccccc8-c8ccccc87)CC6)cc(OCCN(C)C)c5F)cccc43)CC2)c1. The Morgan fingerprint density at radius 2 is 0.985 bits per heavy atom. The Morgan fingerprint density at radius 1 is 0.515 bits per heavy atom. The zero-order valence-corrected chi connectivity index (χ0v) is 39.3. The van der Waals surface area contributed by atoms with E-state index in [9.17, 15) is 14.0 Å². The summed E-state index contributed by atoms with van der Waals surface area (Å²) in [6, 6.07) is 38.9. The molecule has 4 aliphatic rings. The van der Waals surface area contributed by atoms with Gasteiger partial charge in [-0.15, -0.1) is 0 Å². The van der Waals surface area contributed by atoms with Crippen molar-refractivity contribution < 1.29 is 27.8 Å². The van der Waals surface area contributed by atoms with Crippen LogP contribution in [0.4, 0.5) is 8.78 Å². The number of carbonyl (C=O) groups excluding carboxylic acids is 2. The fraction of sp³-hybridized carbons (Fsp3) is 0.321. The molecule has 2 saturated heterocycles. The monoisotopic (exact) mass is 916 g/mol. The van der Waals surface area contributed by atoms with Crippen LogP contribution in [0.5, 0.6) is 11.5 Å². The van der Waals surface area contributed by atoms with Gasteiger partial charge in [0, 0.05) is 88.2 Å². The molecule has 0 bridgehead atoms. The minimum absolute atomic E-state index is 0.0530. The smallest absolute Gasteiger partial charge is 0.254 e. The van der Waals surface area contributed by atoms with Crippen LogP contribution >= 0.6 is 0 Å². The number of ether oxygens (including phenoxy) is 2. The van der Waals surface area contributed by atoms with E-state index in [1.165, 1.54) is 34.4 Å². The number of piperazine rings is 2. The lowest BCUT2D eigenvalue weighted by atomic mass is 9.92. The molecule has 12 heteroatoms. The van der Waals surface area contributed by atoms with Gasteiger partial charge in [-0.2, -0.15) is 0 Å². The highest BCUT2D eigenvalue weighted by atomic mass is 19.1. The second-order valence-corrected chi connectivity index (χ2v) is 18.8. The van der Waals surface area contributed by atoms with Crippen LogP contribution in [0, 0.1) is 11.6 Å². The molecule has 0 spiro atoms. The van der Waals surface area contributed by atoms with E-state index < -0.39 is 11.6 Å². The van der Waals surface area contributed by atoms with Crippen LogP contribution in [0.25, 0.3) is 33.4 Å². The maximum absolute atomic E-state index is 17.2. The quantitative estimate of drug-likeness (QED) is 0.114. The third kappa shape index (κ3) is 8.78. The van der Waals surface area contributed by atoms with Gasteiger partial charge in [0.1, 0.15) is 24.8 Å². The average Bonchev–Trinajstić information content (AvgIpc) is 3.87. The predicted octanol–water partition coefficient (Wildman–Crippen LogP) is 8.57. The standard InChI is InChI=1S/C56H58F2N6O4/c1-59(2)28-30-67-40-33-37(32-39(57)36-40)55(65)63-26-22-62(23-27-63)54-47-17-10-7-14-43(47)51-44(18-11-19-48(51)54)49-34-38(35-50(52(49)58)68-31-29-60(3)4)56(66)64-24-20-61(21-25-64)53-45-15-8-5-12-41(45)42-13-6-9-16-46(42)53/h5-19,32-36,53-54H,20-31H2,1-4H3. The number of rotatable bonds is 13. The van der Waals surface area contributed by atoms with Gasteiger partial charge in [0.25, 0.3) is 11.8 Å². The summed E-state index contributed by atoms with van der Waals surface area (Å²) in [5, 5.41) is 0. The van der Waals surface area contributed by atoms with Gasteiger partial charge in [-0.1, -0.05) is 91.0 Å². The van der Waals surface area contributed by atoms with E-state index in [1.54, 1.807) is 23.1 Å². The normalized spacial score (nSPS) is 17.0. The lowest BCUT2D eigenvalue weighted by molar-refractivity contribution is 0.0593. The Bertz CT molecular complexity index is 2810. The Balaban J connectivity index is 0.913. The topological polar surface area (TPSA) is 72.0 Å². The zero-order chi connectivity index (χ0) is 47.1. The Hall–Kier alpha value is -6.44. The van der Waals surface area contributed by atoms with E-state index >= 15 is 4.39 Å². The molecular weight excluding hydrogens is 859 g/mol. The van der Waals surface area contributed by atoms with Crippen LogP contribution < -0.4 is 9.47 Å². The van der Waals surface area contributed by atoms with Crippen molar-refractivity contribution in [1.82, 2.24) is 29.4 Å². The third-order valence-electron chi connectivity index (χ3n) is 13.9. The highest BCUT2D eigenvalue weighted by Gasteiger charge is 2.39. The summed E-state index contributed by atoms with van der Waals surface area (Å²) in [7, 11) is 7.75. The third-order valence-corrected chi connectivity index (χ3v) is 13.9. The molecule has 0 aromatic heterocycles. The maximum Gasteiger partial charge on any atom is 0.254 e. The second-order valence-electron chi connectivity index (χ2n) is 18.8. The van der Waals surface area contributed by atoms with Crippen molar-refractivity contribution >= 4 is 11.8 Å². The molecular formula is C56H58F2N6O4. The summed E-state index contributed by atoms with van der Waals surface area (Å²) in [6.45, 7) is 6.37. The number of nitrogens with zero attached hydrogens (tertiary/aromatic N) is 6. The zero-order valence-electron chi connectivity index (χ0n) is 39.3. The van der Waals surface area contributed by atoms with Crippen LogP contribution in [0.2, 0.25) is 0 Å². The molecule has 0 radical (unpaired) electrons. The van der Waals surface area contributed by atoms with Crippen molar-refractivity contribution in [2.75, 3.05) is 107 Å². The first kappa shape index (κ1) is 45.3. The molecule has 68 heavy (non-hydrogen) atoms. The van der Waals surface area contributed by atoms with Crippen molar-refractivity contribution in [2.45, 2.75) is 12.1 Å². The summed E-state index contributed by atoms with van der Waals surface area (Å²) in [5.74, 6) is -1.03. The summed E-state index contributed by atoms with van der Waals surface area (Å²) >= 11 is 0. The van der Waals surface area contributed by atoms with Crippen molar-refractivity contribution in [1.29, 1.82) is 0 Å². The van der Waals surface area contributed by atoms with E-state index in [0.717, 1.165) is 22.3 Å². The molecule has 6 aromatic rings. The lowest BCUT2D eigenvalue weighted by Crippen LogP contribution is -2.49. The molecule has 350 valence electrons. The molecule has 6 aromatic carbocycles. The Morgan fingerprint density at radius 3 is 1.56 bits per heavy atom. The van der Waals surface area contributed by atoms with Crippen LogP contribution in [0.1, 0.15) is 55.1 Å². The van der Waals surface area contributed by atoms with E-state index in [2.05, 4.69) is 76.5 Å². The van der Waals surface area contributed by atoms with Crippen LogP contribution in [0.15, 0.2) is 121 Å². The van der Waals surface area contributed by atoms with Crippen molar-refractivity contribution in [3.8, 4) is 44.9 Å². The number of carbonyl (C=O) groups is 2. The van der Waals surface area contributed by atoms with Gasteiger partial charge in [-0.25, -0.2) is 8.78 Å². The van der Waals surface area contributed by atoms with E-state index in [0.29, 0.717) is 94.5 Å². The summed E-state index contributed by atoms with van der Waals surface area (Å²) in [5.41, 5.74) is 10.8. The van der Waals surface area contributed by atoms with Gasteiger partial charge in [0.05, 0.1) is 12.1 Å². The fourth-order valence-electron chi connectivity index (χ4n) is 10.6. The summed E-state index contributed by atoms with van der Waals surface area (Å²) < 4.78 is 43.9. The molecule has 2 aliphatic carbocycles. The molecule has 10 nitrogen and oxygen atoms in total. The molecule has 2 amide bonds. The average molecular weight is 917 g/mol. The van der Waals surface area contributed by atoms with Crippen molar-refractivity contribution in [3.05, 3.63) is 166 Å². The number of hydrogen-bond donors (Lipinski definition) is 0. The number of benzene rings is 6. The van der Waals surface area contributed by atoms with Gasteiger partial charge in [-0.3, -0.25) is 19.4 Å². The molecule has 2 heterocycles. The van der Waals surface area contributed by atoms with E-state index in [1.807, 2.05) is 67.2 Å². The molecule has 0 saturated carbocycles. The minimum Gasteiger partial charge on any atom is -0.492 e. The van der Waals surface area contributed by atoms with E-state index in [4.69, 9.17) is 9.47 Å². The van der Waals surface area contributed by atoms with Gasteiger partial charge in [0.15, 0.2) is 11.6 Å². The second kappa shape index (κ2) is 19.3. The molecule has 2 aliphatic heterocycles. The number of likely N-dealkylation sites (N-methyl/N-ethyl adjacent to an activating group) is 2. The maximum atomic E-state index is 17.2. The number of halogens is 2. The van der Waals surface area contributed by atoms with Gasteiger partial charge in [0.2, 0.25) is 0 Å². The number of fused-ring (bicyclic) bond motifs is 6. The first-order valence-corrected chi connectivity index (χ1v) is 23.7. The van der Waals surface area contributed by atoms with Crippen LogP contribution in [0.3, 0.4) is 0 Å². The summed E-state index contributed by atoms with van der Waals surface area (Å²) in [6.07, 6.45) is 0. The summed E-state index contributed by atoms with van der Waals surface area (Å²) in [4.78, 5) is 40.9. The van der Waals surface area contributed by atoms with Gasteiger partial charge >= 0.3 is 0 Å². The Labute approximate surface area is 397 Å². The molecule has 1 unspecified atom stereocenters. The highest BCUT2D eigenvalue weighted by Crippen LogP contribution is 2.52. The largest absolute Gasteiger partial charge is 0.492 e. The Kier molecular flexibility index (Phi) is 12.9. The number of hydrogen-bond acceptors (Lipinski definition) is 8. The number of amides is 2. The van der Waals surface area contributed by atoms with Crippen LogP contribution in [-0.4, -0.2) is 148 Å². The predicted molar refractivity (Wildman–Crippen MR) is 262 cm³/mol. The van der Waals surface area contributed by atoms with Gasteiger partial charge in [-0.05, 0) is 103 Å².